The highest BCUT2D eigenvalue weighted by Gasteiger charge is 2.19. The lowest BCUT2D eigenvalue weighted by molar-refractivity contribution is 0.468. The molecular formula is C22H28N4O. The van der Waals surface area contributed by atoms with Crippen molar-refractivity contribution in [3.63, 3.8) is 0 Å². The zero-order valence-electron chi connectivity index (χ0n) is 16.5. The normalized spacial score (nSPS) is 11.3. The van der Waals surface area contributed by atoms with Gasteiger partial charge in [-0.25, -0.2) is 4.98 Å². The lowest BCUT2D eigenvalue weighted by Crippen LogP contribution is -2.32. The minimum Gasteiger partial charge on any atom is -0.436 e. The van der Waals surface area contributed by atoms with Crippen molar-refractivity contribution in [3.8, 4) is 11.6 Å². The smallest absolute Gasteiger partial charge is 0.248 e. The Morgan fingerprint density at radius 1 is 0.926 bits per heavy atom. The van der Waals surface area contributed by atoms with Crippen LogP contribution in [0, 0.1) is 11.8 Å². The topological polar surface area (TPSA) is 64.3 Å². The van der Waals surface area contributed by atoms with Gasteiger partial charge in [0.15, 0.2) is 5.82 Å². The quantitative estimate of drug-likeness (QED) is 0.630. The summed E-state index contributed by atoms with van der Waals surface area (Å²) >= 11 is 0. The van der Waals surface area contributed by atoms with Gasteiger partial charge >= 0.3 is 0 Å². The molecule has 0 saturated carbocycles. The van der Waals surface area contributed by atoms with Crippen LogP contribution in [0.15, 0.2) is 48.8 Å². The third-order valence-electron chi connectivity index (χ3n) is 4.25. The standard InChI is InChI=1S/C22H28N4O/c1-15(2)12-26(13-16(3)4)21-20(23)22(25-14-24-21)27-19-11-7-9-17-8-5-6-10-18(17)19/h5-11,14-16H,12-13,23H2,1-4H3. The summed E-state index contributed by atoms with van der Waals surface area (Å²) in [4.78, 5) is 11.0. The number of rotatable bonds is 7. The van der Waals surface area contributed by atoms with Crippen molar-refractivity contribution in [2.45, 2.75) is 27.7 Å². The fraction of sp³-hybridized carbons (Fsp3) is 0.364. The minimum atomic E-state index is 0.397. The molecule has 0 atom stereocenters. The molecule has 0 bridgehead atoms. The molecule has 0 radical (unpaired) electrons. The van der Waals surface area contributed by atoms with E-state index in [1.165, 1.54) is 6.33 Å². The van der Waals surface area contributed by atoms with Crippen LogP contribution in [0.1, 0.15) is 27.7 Å². The van der Waals surface area contributed by atoms with Crippen LogP contribution in [0.3, 0.4) is 0 Å². The molecule has 0 saturated heterocycles. The Balaban J connectivity index is 1.96. The second-order valence-corrected chi connectivity index (χ2v) is 7.69. The van der Waals surface area contributed by atoms with Crippen LogP contribution in [0.25, 0.3) is 10.8 Å². The molecule has 0 unspecified atom stereocenters. The maximum atomic E-state index is 6.44. The van der Waals surface area contributed by atoms with Crippen molar-refractivity contribution >= 4 is 22.3 Å². The number of nitrogens with zero attached hydrogens (tertiary/aromatic N) is 3. The second-order valence-electron chi connectivity index (χ2n) is 7.69. The monoisotopic (exact) mass is 364 g/mol. The molecule has 0 spiro atoms. The van der Waals surface area contributed by atoms with Gasteiger partial charge in [0.2, 0.25) is 5.88 Å². The van der Waals surface area contributed by atoms with Crippen molar-refractivity contribution in [3.05, 3.63) is 48.8 Å². The molecule has 1 heterocycles. The summed E-state index contributed by atoms with van der Waals surface area (Å²) in [7, 11) is 0. The number of ether oxygens (including phenoxy) is 1. The predicted molar refractivity (Wildman–Crippen MR) is 112 cm³/mol. The zero-order valence-corrected chi connectivity index (χ0v) is 16.5. The van der Waals surface area contributed by atoms with E-state index in [2.05, 4.69) is 54.7 Å². The maximum absolute atomic E-state index is 6.44. The van der Waals surface area contributed by atoms with E-state index in [0.29, 0.717) is 23.4 Å². The van der Waals surface area contributed by atoms with Crippen LogP contribution in [0.5, 0.6) is 11.6 Å². The Bertz CT molecular complexity index is 892. The number of aromatic nitrogens is 2. The lowest BCUT2D eigenvalue weighted by Gasteiger charge is -2.28. The summed E-state index contributed by atoms with van der Waals surface area (Å²) in [6.45, 7) is 10.5. The molecule has 5 heteroatoms. The molecule has 0 aliphatic carbocycles. The van der Waals surface area contributed by atoms with Crippen LogP contribution < -0.4 is 15.4 Å². The van der Waals surface area contributed by atoms with Gasteiger partial charge < -0.3 is 15.4 Å². The molecule has 142 valence electrons. The Morgan fingerprint density at radius 3 is 2.30 bits per heavy atom. The van der Waals surface area contributed by atoms with Crippen LogP contribution in [0.2, 0.25) is 0 Å². The fourth-order valence-electron chi connectivity index (χ4n) is 3.22. The van der Waals surface area contributed by atoms with Gasteiger partial charge in [-0.2, -0.15) is 4.98 Å². The Kier molecular flexibility index (Phi) is 5.79. The molecule has 3 rings (SSSR count). The molecule has 3 aromatic rings. The number of anilines is 2. The highest BCUT2D eigenvalue weighted by molar-refractivity contribution is 5.88. The van der Waals surface area contributed by atoms with Crippen molar-refractivity contribution in [1.82, 2.24) is 9.97 Å². The molecule has 2 aromatic carbocycles. The Morgan fingerprint density at radius 2 is 1.59 bits per heavy atom. The maximum Gasteiger partial charge on any atom is 0.248 e. The third kappa shape index (κ3) is 4.48. The first-order valence-corrected chi connectivity index (χ1v) is 9.46. The van der Waals surface area contributed by atoms with Crippen molar-refractivity contribution in [1.29, 1.82) is 0 Å². The van der Waals surface area contributed by atoms with Gasteiger partial charge in [0.25, 0.3) is 0 Å². The summed E-state index contributed by atoms with van der Waals surface area (Å²) in [5.74, 6) is 2.88. The largest absolute Gasteiger partial charge is 0.436 e. The number of nitrogens with two attached hydrogens (primary N) is 1. The van der Waals surface area contributed by atoms with Crippen molar-refractivity contribution < 1.29 is 4.74 Å². The molecule has 1 aromatic heterocycles. The Hall–Kier alpha value is -2.82. The Labute approximate surface area is 161 Å². The van der Waals surface area contributed by atoms with E-state index >= 15 is 0 Å². The van der Waals surface area contributed by atoms with E-state index < -0.39 is 0 Å². The average molecular weight is 364 g/mol. The number of hydrogen-bond acceptors (Lipinski definition) is 5. The number of fused-ring (bicyclic) bond motifs is 1. The van der Waals surface area contributed by atoms with Gasteiger partial charge in [-0.15, -0.1) is 0 Å². The number of hydrogen-bond donors (Lipinski definition) is 1. The fourth-order valence-corrected chi connectivity index (χ4v) is 3.22. The van der Waals surface area contributed by atoms with E-state index in [1.807, 2.05) is 30.3 Å². The van der Waals surface area contributed by atoms with Gasteiger partial charge in [-0.3, -0.25) is 0 Å². The first-order valence-electron chi connectivity index (χ1n) is 9.46. The van der Waals surface area contributed by atoms with Crippen molar-refractivity contribution in [2.75, 3.05) is 23.7 Å². The summed E-state index contributed by atoms with van der Waals surface area (Å²) in [5, 5.41) is 2.14. The molecular weight excluding hydrogens is 336 g/mol. The number of benzene rings is 2. The first-order chi connectivity index (χ1) is 13.0. The molecule has 2 N–H and O–H groups in total. The highest BCUT2D eigenvalue weighted by atomic mass is 16.5. The van der Waals surface area contributed by atoms with Gasteiger partial charge in [-0.05, 0) is 23.3 Å². The molecule has 0 aliphatic heterocycles. The van der Waals surface area contributed by atoms with Crippen molar-refractivity contribution in [2.24, 2.45) is 11.8 Å². The van der Waals surface area contributed by atoms with E-state index in [-0.39, 0.29) is 0 Å². The van der Waals surface area contributed by atoms with Gasteiger partial charge in [0, 0.05) is 18.5 Å². The minimum absolute atomic E-state index is 0.397. The lowest BCUT2D eigenvalue weighted by atomic mass is 10.1. The summed E-state index contributed by atoms with van der Waals surface area (Å²) in [5.41, 5.74) is 6.91. The molecule has 0 fully saturated rings. The van der Waals surface area contributed by atoms with Gasteiger partial charge in [0.05, 0.1) is 0 Å². The molecule has 0 aliphatic rings. The van der Waals surface area contributed by atoms with Gasteiger partial charge in [-0.1, -0.05) is 64.1 Å². The molecule has 27 heavy (non-hydrogen) atoms. The first kappa shape index (κ1) is 19.0. The second kappa shape index (κ2) is 8.25. The summed E-state index contributed by atoms with van der Waals surface area (Å²) < 4.78 is 6.12. The SMILES string of the molecule is CC(C)CN(CC(C)C)c1ncnc(Oc2cccc3ccccc23)c1N. The van der Waals surface area contributed by atoms with Crippen LogP contribution in [0.4, 0.5) is 11.5 Å². The van der Waals surface area contributed by atoms with Gasteiger partial charge in [0.1, 0.15) is 17.8 Å². The predicted octanol–water partition coefficient (Wildman–Crippen LogP) is 5.12. The number of nitrogen functional groups attached to an aromatic ring is 1. The molecule has 5 nitrogen and oxygen atoms in total. The van der Waals surface area contributed by atoms with E-state index in [1.54, 1.807) is 0 Å². The average Bonchev–Trinajstić information content (AvgIpc) is 2.62. The zero-order chi connectivity index (χ0) is 19.4. The highest BCUT2D eigenvalue weighted by Crippen LogP contribution is 2.35. The van der Waals surface area contributed by atoms with Crippen LogP contribution in [-0.4, -0.2) is 23.1 Å². The summed E-state index contributed by atoms with van der Waals surface area (Å²) in [6, 6.07) is 14.1. The summed E-state index contributed by atoms with van der Waals surface area (Å²) in [6.07, 6.45) is 1.53. The van der Waals surface area contributed by atoms with E-state index in [4.69, 9.17) is 10.5 Å². The van der Waals surface area contributed by atoms with Crippen LogP contribution in [-0.2, 0) is 0 Å². The van der Waals surface area contributed by atoms with Crippen LogP contribution >= 0.6 is 0 Å². The molecule has 0 amide bonds. The van der Waals surface area contributed by atoms with E-state index in [0.717, 1.165) is 35.4 Å². The third-order valence-corrected chi connectivity index (χ3v) is 4.25. The van der Waals surface area contributed by atoms with E-state index in [9.17, 15) is 0 Å².